The molecular formula is C29H40O7. The third-order valence-electron chi connectivity index (χ3n) is 6.43. The fourth-order valence-electron chi connectivity index (χ4n) is 4.33. The summed E-state index contributed by atoms with van der Waals surface area (Å²) in [6.07, 6.45) is 19.0. The number of unbranched alkanes of at least 4 members (excludes halogenated alkanes) is 10. The summed E-state index contributed by atoms with van der Waals surface area (Å²) in [5, 5.41) is 38.8. The van der Waals surface area contributed by atoms with Crippen LogP contribution in [0, 0.1) is 0 Å². The molecule has 1 aliphatic rings. The van der Waals surface area contributed by atoms with Crippen molar-refractivity contribution in [3.63, 3.8) is 0 Å². The molecule has 0 atom stereocenters. The molecule has 0 spiro atoms. The number of phenolic OH excluding ortho intramolecular Hbond substituents is 3. The number of hydrogen-bond donors (Lipinski definition) is 4. The molecule has 0 saturated carbocycles. The van der Waals surface area contributed by atoms with Crippen LogP contribution in [-0.2, 0) is 20.7 Å². The molecule has 1 aromatic carbocycles. The Kier molecular flexibility index (Phi) is 12.7. The Bertz CT molecular complexity index is 972. The molecule has 2 rings (SSSR count). The van der Waals surface area contributed by atoms with Crippen LogP contribution in [0.3, 0.4) is 0 Å². The van der Waals surface area contributed by atoms with Crippen molar-refractivity contribution in [3.05, 3.63) is 53.0 Å². The topological polar surface area (TPSA) is 124 Å². The summed E-state index contributed by atoms with van der Waals surface area (Å²) in [4.78, 5) is 23.9. The summed E-state index contributed by atoms with van der Waals surface area (Å²) < 4.78 is 4.92. The van der Waals surface area contributed by atoms with E-state index in [1.54, 1.807) is 0 Å². The number of carbonyl (C=O) groups excluding carboxylic acids is 2. The highest BCUT2D eigenvalue weighted by atomic mass is 16.5. The number of benzene rings is 1. The van der Waals surface area contributed by atoms with Gasteiger partial charge in [-0.15, -0.1) is 0 Å². The molecule has 0 fully saturated rings. The van der Waals surface area contributed by atoms with Crippen molar-refractivity contribution in [3.8, 4) is 17.2 Å². The maximum absolute atomic E-state index is 12.2. The number of aryl methyl sites for hydroxylation is 1. The molecular weight excluding hydrogens is 460 g/mol. The Morgan fingerprint density at radius 1 is 0.750 bits per heavy atom. The van der Waals surface area contributed by atoms with E-state index in [9.17, 15) is 30.0 Å². The standard InChI is InChI=1S/C29H40O7/c1-36-26-20-25(32)28(34)23(29(26)35)17-15-13-11-9-7-5-3-2-4-6-8-10-12-14-16-21-18-22(30)19-24(31)27(21)33/h2-3,18-20,30-31,33-34H,4-17H2,1H3. The second kappa shape index (κ2) is 15.7. The summed E-state index contributed by atoms with van der Waals surface area (Å²) in [6, 6.07) is 2.64. The monoisotopic (exact) mass is 500 g/mol. The lowest BCUT2D eigenvalue weighted by Gasteiger charge is -2.14. The van der Waals surface area contributed by atoms with Gasteiger partial charge < -0.3 is 25.2 Å². The maximum atomic E-state index is 12.2. The Balaban J connectivity index is 1.43. The Hall–Kier alpha value is -3.22. The number of aromatic hydroxyl groups is 3. The van der Waals surface area contributed by atoms with E-state index in [4.69, 9.17) is 4.74 Å². The first kappa shape index (κ1) is 29.0. The smallest absolute Gasteiger partial charge is 0.227 e. The van der Waals surface area contributed by atoms with Gasteiger partial charge in [-0.2, -0.15) is 0 Å². The predicted octanol–water partition coefficient (Wildman–Crippen LogP) is 6.47. The van der Waals surface area contributed by atoms with E-state index < -0.39 is 17.3 Å². The average Bonchev–Trinajstić information content (AvgIpc) is 2.85. The molecule has 7 heteroatoms. The van der Waals surface area contributed by atoms with Crippen LogP contribution in [0.4, 0.5) is 0 Å². The first-order valence-electron chi connectivity index (χ1n) is 13.0. The predicted molar refractivity (Wildman–Crippen MR) is 139 cm³/mol. The lowest BCUT2D eigenvalue weighted by atomic mass is 9.94. The SMILES string of the molecule is COC1=CC(=O)C(O)=C(CCCCCCCC=CCCCCCCCc2cc(O)cc(O)c2O)C1=O. The summed E-state index contributed by atoms with van der Waals surface area (Å²) in [7, 11) is 1.34. The zero-order valence-electron chi connectivity index (χ0n) is 21.3. The molecule has 0 radical (unpaired) electrons. The number of Topliss-reactive ketones (excluding diaryl/α,β-unsaturated/α-hetero) is 1. The van der Waals surface area contributed by atoms with Crippen LogP contribution < -0.4 is 0 Å². The third-order valence-corrected chi connectivity index (χ3v) is 6.43. The van der Waals surface area contributed by atoms with Crippen LogP contribution in [-0.4, -0.2) is 39.1 Å². The molecule has 198 valence electrons. The molecule has 0 heterocycles. The Labute approximate surface area is 213 Å². The van der Waals surface area contributed by atoms with E-state index in [1.165, 1.54) is 13.2 Å². The molecule has 36 heavy (non-hydrogen) atoms. The molecule has 0 saturated heterocycles. The van der Waals surface area contributed by atoms with Gasteiger partial charge in [-0.3, -0.25) is 9.59 Å². The first-order valence-corrected chi connectivity index (χ1v) is 13.0. The normalized spacial score (nSPS) is 14.1. The van der Waals surface area contributed by atoms with E-state index in [-0.39, 0.29) is 28.6 Å². The van der Waals surface area contributed by atoms with Crippen LogP contribution in [0.15, 0.2) is 47.5 Å². The van der Waals surface area contributed by atoms with E-state index in [2.05, 4.69) is 12.2 Å². The summed E-state index contributed by atoms with van der Waals surface area (Å²) in [5.74, 6) is -1.86. The van der Waals surface area contributed by atoms with Gasteiger partial charge in [0.05, 0.1) is 7.11 Å². The maximum Gasteiger partial charge on any atom is 0.227 e. The highest BCUT2D eigenvalue weighted by Gasteiger charge is 2.28. The molecule has 0 amide bonds. The molecule has 7 nitrogen and oxygen atoms in total. The molecule has 0 bridgehead atoms. The van der Waals surface area contributed by atoms with Crippen molar-refractivity contribution in [1.29, 1.82) is 0 Å². The minimum absolute atomic E-state index is 0.00686. The minimum Gasteiger partial charge on any atom is -0.508 e. The third kappa shape index (κ3) is 9.44. The van der Waals surface area contributed by atoms with E-state index in [0.29, 0.717) is 18.4 Å². The number of aliphatic hydroxyl groups excluding tert-OH is 1. The zero-order chi connectivity index (χ0) is 26.3. The van der Waals surface area contributed by atoms with Crippen molar-refractivity contribution in [2.24, 2.45) is 0 Å². The van der Waals surface area contributed by atoms with Gasteiger partial charge >= 0.3 is 0 Å². The number of aliphatic hydroxyl groups is 1. The van der Waals surface area contributed by atoms with Crippen LogP contribution in [0.2, 0.25) is 0 Å². The van der Waals surface area contributed by atoms with Crippen LogP contribution in [0.1, 0.15) is 89.0 Å². The van der Waals surface area contributed by atoms with Gasteiger partial charge in [-0.1, -0.05) is 50.7 Å². The van der Waals surface area contributed by atoms with Crippen molar-refractivity contribution in [2.45, 2.75) is 89.9 Å². The number of methoxy groups -OCH3 is 1. The minimum atomic E-state index is -0.568. The number of allylic oxidation sites excluding steroid dienone is 4. The number of hydrogen-bond acceptors (Lipinski definition) is 7. The summed E-state index contributed by atoms with van der Waals surface area (Å²) in [5.41, 5.74) is 0.749. The van der Waals surface area contributed by atoms with Gasteiger partial charge in [0.2, 0.25) is 11.6 Å². The number of ketones is 2. The van der Waals surface area contributed by atoms with Gasteiger partial charge in [0.15, 0.2) is 23.0 Å². The fourth-order valence-corrected chi connectivity index (χ4v) is 4.33. The van der Waals surface area contributed by atoms with Crippen molar-refractivity contribution >= 4 is 11.6 Å². The molecule has 1 aromatic rings. The molecule has 0 aliphatic heterocycles. The van der Waals surface area contributed by atoms with Crippen LogP contribution in [0.5, 0.6) is 17.2 Å². The Morgan fingerprint density at radius 3 is 1.92 bits per heavy atom. The second-order valence-corrected chi connectivity index (χ2v) is 9.29. The number of ether oxygens (including phenoxy) is 1. The lowest BCUT2D eigenvalue weighted by Crippen LogP contribution is -2.20. The summed E-state index contributed by atoms with van der Waals surface area (Å²) >= 11 is 0. The number of rotatable bonds is 17. The largest absolute Gasteiger partial charge is 0.508 e. The number of phenols is 3. The van der Waals surface area contributed by atoms with Gasteiger partial charge in [-0.05, 0) is 57.4 Å². The molecule has 4 N–H and O–H groups in total. The van der Waals surface area contributed by atoms with Crippen LogP contribution >= 0.6 is 0 Å². The van der Waals surface area contributed by atoms with Gasteiger partial charge in [0.25, 0.3) is 0 Å². The van der Waals surface area contributed by atoms with Gasteiger partial charge in [0, 0.05) is 23.3 Å². The van der Waals surface area contributed by atoms with E-state index >= 15 is 0 Å². The van der Waals surface area contributed by atoms with Crippen molar-refractivity contribution in [1.82, 2.24) is 0 Å². The molecule has 0 unspecified atom stereocenters. The Morgan fingerprint density at radius 2 is 1.31 bits per heavy atom. The quantitative estimate of drug-likeness (QED) is 0.0635. The highest BCUT2D eigenvalue weighted by Crippen LogP contribution is 2.34. The average molecular weight is 501 g/mol. The fraction of sp³-hybridized carbons (Fsp3) is 0.517. The molecule has 0 aromatic heterocycles. The van der Waals surface area contributed by atoms with Crippen molar-refractivity contribution in [2.75, 3.05) is 7.11 Å². The van der Waals surface area contributed by atoms with Crippen LogP contribution in [0.25, 0.3) is 0 Å². The zero-order valence-corrected chi connectivity index (χ0v) is 21.3. The molecule has 1 aliphatic carbocycles. The van der Waals surface area contributed by atoms with E-state index in [1.807, 2.05) is 0 Å². The van der Waals surface area contributed by atoms with Gasteiger partial charge in [-0.25, -0.2) is 0 Å². The summed E-state index contributed by atoms with van der Waals surface area (Å²) in [6.45, 7) is 0. The highest BCUT2D eigenvalue weighted by molar-refractivity contribution is 6.20. The van der Waals surface area contributed by atoms with Gasteiger partial charge in [0.1, 0.15) is 5.75 Å². The van der Waals surface area contributed by atoms with E-state index in [0.717, 1.165) is 89.2 Å². The number of carbonyl (C=O) groups is 2. The lowest BCUT2D eigenvalue weighted by molar-refractivity contribution is -0.119. The van der Waals surface area contributed by atoms with Crippen molar-refractivity contribution < 1.29 is 34.8 Å². The second-order valence-electron chi connectivity index (χ2n) is 9.29. The first-order chi connectivity index (χ1) is 17.3.